The molecule has 1 N–H and O–H groups in total. The van der Waals surface area contributed by atoms with Gasteiger partial charge in [-0.25, -0.2) is 0 Å². The predicted molar refractivity (Wildman–Crippen MR) is 76.0 cm³/mol. The molecule has 1 unspecified atom stereocenters. The summed E-state index contributed by atoms with van der Waals surface area (Å²) in [7, 11) is 0. The summed E-state index contributed by atoms with van der Waals surface area (Å²) in [5.41, 5.74) is 0.300. The highest BCUT2D eigenvalue weighted by atomic mass is 32.2. The van der Waals surface area contributed by atoms with Crippen LogP contribution in [0.15, 0.2) is 0 Å². The lowest BCUT2D eigenvalue weighted by Gasteiger charge is -2.27. The molecule has 16 heavy (non-hydrogen) atoms. The largest absolute Gasteiger partial charge is 0.479 e. The van der Waals surface area contributed by atoms with Crippen LogP contribution in [-0.2, 0) is 4.74 Å². The number of ether oxygens (including phenoxy) is 1. The Bertz CT molecular complexity index is 205. The molecule has 0 bridgehead atoms. The molecule has 0 aliphatic carbocycles. The third-order valence-electron chi connectivity index (χ3n) is 2.71. The minimum Gasteiger partial charge on any atom is -0.479 e. The zero-order chi connectivity index (χ0) is 12.6. The average molecular weight is 264 g/mol. The van der Waals surface area contributed by atoms with Crippen molar-refractivity contribution in [2.45, 2.75) is 52.2 Å². The molecule has 0 saturated heterocycles. The first kappa shape index (κ1) is 16.2. The average Bonchev–Trinajstić information content (AvgIpc) is 2.17. The summed E-state index contributed by atoms with van der Waals surface area (Å²) in [6.45, 7) is 9.47. The molecule has 0 aromatic carbocycles. The van der Waals surface area contributed by atoms with Gasteiger partial charge in [-0.2, -0.15) is 0 Å². The van der Waals surface area contributed by atoms with Crippen LogP contribution in [0.2, 0.25) is 0 Å². The van der Waals surface area contributed by atoms with Crippen molar-refractivity contribution in [3.05, 3.63) is 0 Å². The highest BCUT2D eigenvalue weighted by Gasteiger charge is 2.23. The maximum atomic E-state index is 9.05. The Morgan fingerprint density at radius 1 is 1.44 bits per heavy atom. The van der Waals surface area contributed by atoms with Crippen LogP contribution in [0.5, 0.6) is 0 Å². The van der Waals surface area contributed by atoms with Crippen LogP contribution < -0.4 is 0 Å². The Balaban J connectivity index is 4.21. The van der Waals surface area contributed by atoms with Crippen molar-refractivity contribution in [3.63, 3.8) is 0 Å². The van der Waals surface area contributed by atoms with Gasteiger partial charge in [0.15, 0.2) is 0 Å². The first-order valence-corrected chi connectivity index (χ1v) is 7.18. The topological polar surface area (TPSA) is 29.5 Å². The van der Waals surface area contributed by atoms with Gasteiger partial charge in [0.1, 0.15) is 0 Å². The number of aliphatic hydroxyl groups is 1. The molecule has 0 radical (unpaired) electrons. The quantitative estimate of drug-likeness (QED) is 0.711. The van der Waals surface area contributed by atoms with Gasteiger partial charge in [0.25, 0.3) is 0 Å². The number of hydrogen-bond donors (Lipinski definition) is 1. The second kappa shape index (κ2) is 8.31. The SMILES string of the molecule is CCOC(=S)SC(CCO)CC(C)(C)CC. The molecular formula is C12H24O2S2. The summed E-state index contributed by atoms with van der Waals surface area (Å²) < 4.78 is 5.88. The van der Waals surface area contributed by atoms with Crippen molar-refractivity contribution in [1.29, 1.82) is 0 Å². The molecule has 0 aromatic heterocycles. The molecule has 0 aliphatic heterocycles. The van der Waals surface area contributed by atoms with E-state index in [0.717, 1.165) is 19.3 Å². The van der Waals surface area contributed by atoms with Crippen LogP contribution in [-0.4, -0.2) is 28.0 Å². The molecule has 0 fully saturated rings. The van der Waals surface area contributed by atoms with Crippen LogP contribution >= 0.6 is 24.0 Å². The molecule has 0 aliphatic rings. The van der Waals surface area contributed by atoms with Crippen LogP contribution in [0.4, 0.5) is 0 Å². The first-order chi connectivity index (χ1) is 7.45. The van der Waals surface area contributed by atoms with E-state index >= 15 is 0 Å². The molecule has 0 amide bonds. The standard InChI is InChI=1S/C12H24O2S2/c1-5-12(3,4)9-10(7-8-13)16-11(15)14-6-2/h10,13H,5-9H2,1-4H3. The second-order valence-electron chi connectivity index (χ2n) is 4.66. The summed E-state index contributed by atoms with van der Waals surface area (Å²) in [5.74, 6) is 0. The van der Waals surface area contributed by atoms with Gasteiger partial charge in [0.2, 0.25) is 4.38 Å². The fourth-order valence-electron chi connectivity index (χ4n) is 1.40. The van der Waals surface area contributed by atoms with Gasteiger partial charge in [-0.3, -0.25) is 0 Å². The smallest absolute Gasteiger partial charge is 0.220 e. The van der Waals surface area contributed by atoms with E-state index in [9.17, 15) is 0 Å². The Morgan fingerprint density at radius 3 is 2.50 bits per heavy atom. The monoisotopic (exact) mass is 264 g/mol. The Labute approximate surface area is 109 Å². The number of hydrogen-bond acceptors (Lipinski definition) is 4. The minimum atomic E-state index is 0.214. The van der Waals surface area contributed by atoms with E-state index in [4.69, 9.17) is 22.1 Å². The Hall–Kier alpha value is 0.200. The van der Waals surface area contributed by atoms with E-state index in [-0.39, 0.29) is 6.61 Å². The maximum Gasteiger partial charge on any atom is 0.220 e. The lowest BCUT2D eigenvalue weighted by molar-refractivity contribution is 0.261. The lowest BCUT2D eigenvalue weighted by atomic mass is 9.84. The van der Waals surface area contributed by atoms with E-state index in [0.29, 0.717) is 21.7 Å². The molecule has 1 atom stereocenters. The van der Waals surface area contributed by atoms with Crippen molar-refractivity contribution in [3.8, 4) is 0 Å². The summed E-state index contributed by atoms with van der Waals surface area (Å²) in [6.07, 6.45) is 2.97. The van der Waals surface area contributed by atoms with Gasteiger partial charge in [0.05, 0.1) is 6.61 Å². The summed E-state index contributed by atoms with van der Waals surface area (Å²) in [6, 6.07) is 0. The molecule has 0 heterocycles. The van der Waals surface area contributed by atoms with E-state index in [1.54, 1.807) is 11.8 Å². The number of thiocarbonyl (C=S) groups is 1. The van der Waals surface area contributed by atoms with Crippen molar-refractivity contribution in [1.82, 2.24) is 0 Å². The van der Waals surface area contributed by atoms with Gasteiger partial charge in [-0.15, -0.1) is 0 Å². The molecule has 0 saturated carbocycles. The van der Waals surface area contributed by atoms with E-state index in [2.05, 4.69) is 20.8 Å². The van der Waals surface area contributed by atoms with Crippen molar-refractivity contribution < 1.29 is 9.84 Å². The number of thioether (sulfide) groups is 1. The van der Waals surface area contributed by atoms with Gasteiger partial charge in [-0.05, 0) is 37.4 Å². The first-order valence-electron chi connectivity index (χ1n) is 5.89. The van der Waals surface area contributed by atoms with Crippen LogP contribution in [0.25, 0.3) is 0 Å². The van der Waals surface area contributed by atoms with Crippen molar-refractivity contribution in [2.24, 2.45) is 5.41 Å². The molecule has 96 valence electrons. The molecule has 0 rings (SSSR count). The highest BCUT2D eigenvalue weighted by molar-refractivity contribution is 8.23. The normalized spacial score (nSPS) is 13.6. The zero-order valence-corrected chi connectivity index (χ0v) is 12.4. The Morgan fingerprint density at radius 2 is 2.06 bits per heavy atom. The van der Waals surface area contributed by atoms with E-state index < -0.39 is 0 Å². The van der Waals surface area contributed by atoms with Crippen LogP contribution in [0.1, 0.15) is 47.0 Å². The Kier molecular flexibility index (Phi) is 8.42. The van der Waals surface area contributed by atoms with E-state index in [1.165, 1.54) is 0 Å². The summed E-state index contributed by atoms with van der Waals surface area (Å²) in [5, 5.41) is 9.41. The fraction of sp³-hybridized carbons (Fsp3) is 0.917. The van der Waals surface area contributed by atoms with Crippen molar-refractivity contribution >= 4 is 28.4 Å². The minimum absolute atomic E-state index is 0.214. The molecule has 0 spiro atoms. The fourth-order valence-corrected chi connectivity index (χ4v) is 3.14. The third-order valence-corrected chi connectivity index (χ3v) is 4.17. The molecule has 0 aromatic rings. The second-order valence-corrected chi connectivity index (χ2v) is 6.56. The van der Waals surface area contributed by atoms with Gasteiger partial charge in [-0.1, -0.05) is 39.0 Å². The number of rotatable bonds is 7. The zero-order valence-electron chi connectivity index (χ0n) is 10.8. The summed E-state index contributed by atoms with van der Waals surface area (Å²) >= 11 is 6.71. The maximum absolute atomic E-state index is 9.05. The molecular weight excluding hydrogens is 240 g/mol. The van der Waals surface area contributed by atoms with Gasteiger partial charge in [0, 0.05) is 11.9 Å². The lowest BCUT2D eigenvalue weighted by Crippen LogP contribution is -2.20. The van der Waals surface area contributed by atoms with Crippen LogP contribution in [0, 0.1) is 5.41 Å². The van der Waals surface area contributed by atoms with Gasteiger partial charge < -0.3 is 9.84 Å². The highest BCUT2D eigenvalue weighted by Crippen LogP contribution is 2.33. The predicted octanol–water partition coefficient (Wildman–Crippen LogP) is 3.62. The summed E-state index contributed by atoms with van der Waals surface area (Å²) in [4.78, 5) is 0. The van der Waals surface area contributed by atoms with E-state index in [1.807, 2.05) is 6.92 Å². The van der Waals surface area contributed by atoms with Crippen molar-refractivity contribution in [2.75, 3.05) is 13.2 Å². The van der Waals surface area contributed by atoms with Crippen LogP contribution in [0.3, 0.4) is 0 Å². The number of aliphatic hydroxyl groups excluding tert-OH is 1. The molecule has 2 nitrogen and oxygen atoms in total. The molecule has 4 heteroatoms. The van der Waals surface area contributed by atoms with Gasteiger partial charge >= 0.3 is 0 Å². The third kappa shape index (κ3) is 7.47.